The van der Waals surface area contributed by atoms with Gasteiger partial charge >= 0.3 is 0 Å². The molecule has 0 radical (unpaired) electrons. The molecule has 0 aliphatic carbocycles. The summed E-state index contributed by atoms with van der Waals surface area (Å²) in [5.74, 6) is -1.52. The molecule has 2 rings (SSSR count). The molecule has 0 aliphatic heterocycles. The van der Waals surface area contributed by atoms with Crippen LogP contribution in [0.3, 0.4) is 0 Å². The van der Waals surface area contributed by atoms with Gasteiger partial charge in [-0.25, -0.2) is 12.8 Å². The Hall–Kier alpha value is -2.16. The van der Waals surface area contributed by atoms with Crippen LogP contribution in [0.4, 0.5) is 4.39 Å². The highest BCUT2D eigenvalue weighted by Gasteiger charge is 2.15. The first-order valence-corrected chi connectivity index (χ1v) is 8.18. The summed E-state index contributed by atoms with van der Waals surface area (Å²) < 4.78 is 42.0. The summed E-state index contributed by atoms with van der Waals surface area (Å²) in [4.78, 5) is 13.4. The number of carbonyl (C=O) groups is 1. The van der Waals surface area contributed by atoms with Gasteiger partial charge in [0.25, 0.3) is 15.9 Å². The number of halogens is 2. The van der Waals surface area contributed by atoms with E-state index in [1.54, 1.807) is 6.07 Å². The van der Waals surface area contributed by atoms with E-state index in [0.29, 0.717) is 5.02 Å². The summed E-state index contributed by atoms with van der Waals surface area (Å²) in [5.41, 5.74) is 1.97. The minimum Gasteiger partial charge on any atom is -0.481 e. The van der Waals surface area contributed by atoms with Crippen LogP contribution in [0.2, 0.25) is 5.02 Å². The standard InChI is InChI=1S/C14H12ClFN2O4S/c15-10-5-7-11(8-6-10)23(20,21)18-17-14(19)9-22-13-4-2-1-3-12(13)16/h1-8,18H,9H2,(H,17,19). The second-order valence-corrected chi connectivity index (χ2v) is 6.45. The van der Waals surface area contributed by atoms with Crippen molar-refractivity contribution in [3.63, 3.8) is 0 Å². The molecule has 0 fully saturated rings. The number of amides is 1. The number of rotatable bonds is 6. The molecular weight excluding hydrogens is 347 g/mol. The zero-order valence-corrected chi connectivity index (χ0v) is 13.2. The van der Waals surface area contributed by atoms with Crippen molar-refractivity contribution in [2.75, 3.05) is 6.61 Å². The summed E-state index contributed by atoms with van der Waals surface area (Å²) in [5, 5.41) is 0.381. The molecule has 0 aromatic heterocycles. The molecule has 9 heteroatoms. The Kier molecular flexibility index (Phi) is 5.54. The number of para-hydroxylation sites is 1. The Morgan fingerprint density at radius 2 is 1.78 bits per heavy atom. The molecule has 2 N–H and O–H groups in total. The molecule has 23 heavy (non-hydrogen) atoms. The van der Waals surface area contributed by atoms with Crippen LogP contribution in [0.1, 0.15) is 0 Å². The first kappa shape index (κ1) is 17.2. The molecule has 0 aliphatic rings. The van der Waals surface area contributed by atoms with E-state index in [1.165, 1.54) is 42.5 Å². The number of nitrogens with one attached hydrogen (secondary N) is 2. The molecule has 0 heterocycles. The van der Waals surface area contributed by atoms with Gasteiger partial charge in [-0.15, -0.1) is 4.83 Å². The predicted octanol–water partition coefficient (Wildman–Crippen LogP) is 1.87. The van der Waals surface area contributed by atoms with E-state index in [2.05, 4.69) is 0 Å². The maximum absolute atomic E-state index is 13.3. The molecule has 0 spiro atoms. The summed E-state index contributed by atoms with van der Waals surface area (Å²) in [6.07, 6.45) is 0. The van der Waals surface area contributed by atoms with Gasteiger partial charge in [-0.1, -0.05) is 23.7 Å². The smallest absolute Gasteiger partial charge is 0.272 e. The zero-order chi connectivity index (χ0) is 16.9. The molecule has 2 aromatic carbocycles. The average molecular weight is 359 g/mol. The quantitative estimate of drug-likeness (QED) is 0.772. The first-order valence-electron chi connectivity index (χ1n) is 6.32. The highest BCUT2D eigenvalue weighted by molar-refractivity contribution is 7.89. The predicted molar refractivity (Wildman–Crippen MR) is 81.8 cm³/mol. The van der Waals surface area contributed by atoms with Gasteiger partial charge in [-0.3, -0.25) is 10.2 Å². The third-order valence-electron chi connectivity index (χ3n) is 2.64. The van der Waals surface area contributed by atoms with Crippen LogP contribution < -0.4 is 15.0 Å². The maximum Gasteiger partial charge on any atom is 0.272 e. The summed E-state index contributed by atoms with van der Waals surface area (Å²) in [6, 6.07) is 10.9. The first-order chi connectivity index (χ1) is 10.9. The van der Waals surface area contributed by atoms with Gasteiger partial charge in [0.05, 0.1) is 4.90 Å². The fraction of sp³-hybridized carbons (Fsp3) is 0.0714. The van der Waals surface area contributed by atoms with Crippen LogP contribution in [-0.4, -0.2) is 20.9 Å². The van der Waals surface area contributed by atoms with Crippen LogP contribution >= 0.6 is 11.6 Å². The van der Waals surface area contributed by atoms with Crippen molar-refractivity contribution in [2.45, 2.75) is 4.90 Å². The fourth-order valence-electron chi connectivity index (χ4n) is 1.54. The van der Waals surface area contributed by atoms with Crippen LogP contribution in [0, 0.1) is 5.82 Å². The minimum atomic E-state index is -3.93. The lowest BCUT2D eigenvalue weighted by Gasteiger charge is -2.10. The van der Waals surface area contributed by atoms with E-state index in [0.717, 1.165) is 0 Å². The van der Waals surface area contributed by atoms with Crippen molar-refractivity contribution in [1.29, 1.82) is 0 Å². The number of ether oxygens (including phenoxy) is 1. The average Bonchev–Trinajstić information content (AvgIpc) is 2.53. The van der Waals surface area contributed by atoms with Gasteiger partial charge in [0.2, 0.25) is 0 Å². The molecule has 1 amide bonds. The molecular formula is C14H12ClFN2O4S. The number of sulfonamides is 1. The van der Waals surface area contributed by atoms with E-state index >= 15 is 0 Å². The van der Waals surface area contributed by atoms with E-state index in [-0.39, 0.29) is 10.6 Å². The molecule has 0 bridgehead atoms. The minimum absolute atomic E-state index is 0.0720. The van der Waals surface area contributed by atoms with Crippen molar-refractivity contribution < 1.29 is 22.3 Å². The fourth-order valence-corrected chi connectivity index (χ4v) is 2.52. The van der Waals surface area contributed by atoms with Crippen molar-refractivity contribution >= 4 is 27.5 Å². The van der Waals surface area contributed by atoms with Crippen molar-refractivity contribution in [3.05, 3.63) is 59.4 Å². The van der Waals surface area contributed by atoms with Crippen molar-refractivity contribution in [2.24, 2.45) is 0 Å². The zero-order valence-electron chi connectivity index (χ0n) is 11.6. The lowest BCUT2D eigenvalue weighted by molar-refractivity contribution is -0.123. The molecule has 0 unspecified atom stereocenters. The van der Waals surface area contributed by atoms with Crippen molar-refractivity contribution in [1.82, 2.24) is 10.3 Å². The summed E-state index contributed by atoms with van der Waals surface area (Å²) >= 11 is 5.67. The van der Waals surface area contributed by atoms with Gasteiger partial charge in [0, 0.05) is 5.02 Å². The van der Waals surface area contributed by atoms with Crippen LogP contribution in [0.25, 0.3) is 0 Å². The Bertz CT molecular complexity index is 797. The number of hydrogen-bond donors (Lipinski definition) is 2. The van der Waals surface area contributed by atoms with Gasteiger partial charge in [0.1, 0.15) is 0 Å². The molecule has 6 nitrogen and oxygen atoms in total. The third kappa shape index (κ3) is 4.92. The SMILES string of the molecule is O=C(COc1ccccc1F)NNS(=O)(=O)c1ccc(Cl)cc1. The Morgan fingerprint density at radius 3 is 2.43 bits per heavy atom. The highest BCUT2D eigenvalue weighted by Crippen LogP contribution is 2.15. The highest BCUT2D eigenvalue weighted by atomic mass is 35.5. The topological polar surface area (TPSA) is 84.5 Å². The van der Waals surface area contributed by atoms with E-state index in [4.69, 9.17) is 16.3 Å². The number of hydrogen-bond acceptors (Lipinski definition) is 4. The monoisotopic (exact) mass is 358 g/mol. The second kappa shape index (κ2) is 7.40. The van der Waals surface area contributed by atoms with E-state index in [9.17, 15) is 17.6 Å². The summed E-state index contributed by atoms with van der Waals surface area (Å²) in [6.45, 7) is -0.552. The molecule has 122 valence electrons. The van der Waals surface area contributed by atoms with Gasteiger partial charge < -0.3 is 4.74 Å². The van der Waals surface area contributed by atoms with Gasteiger partial charge in [-0.2, -0.15) is 0 Å². The lowest BCUT2D eigenvalue weighted by Crippen LogP contribution is -2.43. The Labute approximate surface area is 137 Å². The Morgan fingerprint density at radius 1 is 1.13 bits per heavy atom. The molecule has 2 aromatic rings. The largest absolute Gasteiger partial charge is 0.481 e. The molecule has 0 saturated carbocycles. The van der Waals surface area contributed by atoms with Gasteiger partial charge in [-0.05, 0) is 36.4 Å². The maximum atomic E-state index is 13.3. The lowest BCUT2D eigenvalue weighted by atomic mass is 10.3. The number of benzene rings is 2. The second-order valence-electron chi connectivity index (χ2n) is 4.33. The van der Waals surface area contributed by atoms with Crippen LogP contribution in [0.15, 0.2) is 53.4 Å². The van der Waals surface area contributed by atoms with Gasteiger partial charge in [0.15, 0.2) is 18.2 Å². The van der Waals surface area contributed by atoms with Crippen LogP contribution in [-0.2, 0) is 14.8 Å². The Balaban J connectivity index is 1.89. The van der Waals surface area contributed by atoms with E-state index < -0.39 is 28.4 Å². The van der Waals surface area contributed by atoms with Crippen molar-refractivity contribution in [3.8, 4) is 5.75 Å². The molecule has 0 saturated heterocycles. The third-order valence-corrected chi connectivity index (χ3v) is 4.16. The number of hydrazine groups is 1. The summed E-state index contributed by atoms with van der Waals surface area (Å²) in [7, 11) is -3.93. The van der Waals surface area contributed by atoms with Crippen LogP contribution in [0.5, 0.6) is 5.75 Å². The molecule has 0 atom stereocenters. The normalized spacial score (nSPS) is 11.0. The van der Waals surface area contributed by atoms with E-state index in [1.807, 2.05) is 10.3 Å². The number of carbonyl (C=O) groups excluding carboxylic acids is 1.